The van der Waals surface area contributed by atoms with E-state index in [0.29, 0.717) is 17.5 Å². The van der Waals surface area contributed by atoms with E-state index in [1.165, 1.54) is 24.8 Å². The van der Waals surface area contributed by atoms with E-state index in [1.54, 1.807) is 19.2 Å². The average Bonchev–Trinajstić information content (AvgIpc) is 2.45. The Labute approximate surface area is 118 Å². The van der Waals surface area contributed by atoms with Crippen molar-refractivity contribution in [2.24, 2.45) is 0 Å². The van der Waals surface area contributed by atoms with Gasteiger partial charge in [0.25, 0.3) is 0 Å². The highest BCUT2D eigenvalue weighted by atomic mass is 16.5. The Morgan fingerprint density at radius 3 is 2.65 bits per heavy atom. The molecule has 2 aromatic rings. The Morgan fingerprint density at radius 2 is 2.05 bits per heavy atom. The van der Waals surface area contributed by atoms with Crippen LogP contribution in [0.5, 0.6) is 5.88 Å². The van der Waals surface area contributed by atoms with Crippen LogP contribution in [0.15, 0.2) is 36.4 Å². The molecule has 1 N–H and O–H groups in total. The number of methoxy groups -OCH3 is 1. The molecule has 0 spiro atoms. The van der Waals surface area contributed by atoms with Gasteiger partial charge in [-0.15, -0.1) is 10.2 Å². The monoisotopic (exact) mass is 270 g/mol. The van der Waals surface area contributed by atoms with Gasteiger partial charge in [-0.25, -0.2) is 0 Å². The summed E-state index contributed by atoms with van der Waals surface area (Å²) in [7, 11) is 1.54. The SMILES string of the molecule is COc1ccc(C(O)c2cccc(C3CCC3)c2)nn1. The van der Waals surface area contributed by atoms with Crippen LogP contribution in [0.2, 0.25) is 0 Å². The number of aromatic nitrogens is 2. The van der Waals surface area contributed by atoms with Gasteiger partial charge in [0, 0.05) is 6.07 Å². The van der Waals surface area contributed by atoms with Crippen molar-refractivity contribution in [3.05, 3.63) is 53.2 Å². The third kappa shape index (κ3) is 2.51. The second-order valence-electron chi connectivity index (χ2n) is 5.20. The number of ether oxygens (including phenoxy) is 1. The number of benzene rings is 1. The van der Waals surface area contributed by atoms with Gasteiger partial charge in [-0.3, -0.25) is 0 Å². The summed E-state index contributed by atoms with van der Waals surface area (Å²) in [5, 5.41) is 18.3. The third-order valence-electron chi connectivity index (χ3n) is 3.95. The largest absolute Gasteiger partial charge is 0.480 e. The zero-order valence-electron chi connectivity index (χ0n) is 11.5. The van der Waals surface area contributed by atoms with Gasteiger partial charge in [-0.05, 0) is 36.0 Å². The Bertz CT molecular complexity index is 579. The first-order chi connectivity index (χ1) is 9.78. The van der Waals surface area contributed by atoms with Crippen molar-refractivity contribution in [2.75, 3.05) is 7.11 Å². The molecule has 1 atom stereocenters. The van der Waals surface area contributed by atoms with Gasteiger partial charge in [-0.1, -0.05) is 30.7 Å². The Morgan fingerprint density at radius 1 is 1.20 bits per heavy atom. The molecular weight excluding hydrogens is 252 g/mol. The van der Waals surface area contributed by atoms with E-state index in [-0.39, 0.29) is 0 Å². The summed E-state index contributed by atoms with van der Waals surface area (Å²) < 4.78 is 4.97. The van der Waals surface area contributed by atoms with Crippen LogP contribution in [0, 0.1) is 0 Å². The molecule has 1 heterocycles. The van der Waals surface area contributed by atoms with Gasteiger partial charge in [-0.2, -0.15) is 0 Å². The minimum atomic E-state index is -0.742. The number of aliphatic hydroxyl groups excluding tert-OH is 1. The molecule has 3 rings (SSSR count). The first-order valence-corrected chi connectivity index (χ1v) is 6.93. The molecule has 104 valence electrons. The summed E-state index contributed by atoms with van der Waals surface area (Å²) in [4.78, 5) is 0. The van der Waals surface area contributed by atoms with Gasteiger partial charge in [0.1, 0.15) is 6.10 Å². The number of rotatable bonds is 4. The van der Waals surface area contributed by atoms with Gasteiger partial charge >= 0.3 is 0 Å². The highest BCUT2D eigenvalue weighted by Crippen LogP contribution is 2.37. The molecule has 1 unspecified atom stereocenters. The van der Waals surface area contributed by atoms with Crippen LogP contribution in [0.1, 0.15) is 48.1 Å². The zero-order chi connectivity index (χ0) is 13.9. The molecule has 1 fully saturated rings. The molecule has 0 bridgehead atoms. The van der Waals surface area contributed by atoms with Crippen molar-refractivity contribution in [3.8, 4) is 5.88 Å². The maximum absolute atomic E-state index is 10.4. The molecule has 1 aliphatic rings. The molecule has 0 saturated heterocycles. The molecule has 4 nitrogen and oxygen atoms in total. The number of aliphatic hydroxyl groups is 1. The van der Waals surface area contributed by atoms with Gasteiger partial charge in [0.05, 0.1) is 12.8 Å². The first-order valence-electron chi connectivity index (χ1n) is 6.93. The maximum Gasteiger partial charge on any atom is 0.233 e. The van der Waals surface area contributed by atoms with Crippen LogP contribution in [0.3, 0.4) is 0 Å². The Hall–Kier alpha value is -1.94. The predicted octanol–water partition coefficient (Wildman–Crippen LogP) is 2.83. The fourth-order valence-corrected chi connectivity index (χ4v) is 2.48. The predicted molar refractivity (Wildman–Crippen MR) is 75.7 cm³/mol. The molecule has 1 aromatic heterocycles. The molecular formula is C16H18N2O2. The Kier molecular flexibility index (Phi) is 3.65. The molecule has 0 amide bonds. The summed E-state index contributed by atoms with van der Waals surface area (Å²) in [6.45, 7) is 0. The molecule has 1 aromatic carbocycles. The molecule has 0 radical (unpaired) electrons. The van der Waals surface area contributed by atoms with E-state index in [1.807, 2.05) is 12.1 Å². The van der Waals surface area contributed by atoms with E-state index in [2.05, 4.69) is 22.3 Å². The lowest BCUT2D eigenvalue weighted by Gasteiger charge is -2.26. The van der Waals surface area contributed by atoms with E-state index >= 15 is 0 Å². The molecule has 1 saturated carbocycles. The standard InChI is InChI=1S/C16H18N2O2/c1-20-15-9-8-14(17-18-15)16(19)13-7-3-6-12(10-13)11-4-2-5-11/h3,6-11,16,19H,2,4-5H2,1H3. The van der Waals surface area contributed by atoms with Crippen molar-refractivity contribution in [1.29, 1.82) is 0 Å². The van der Waals surface area contributed by atoms with E-state index in [4.69, 9.17) is 4.74 Å². The maximum atomic E-state index is 10.4. The lowest BCUT2D eigenvalue weighted by atomic mass is 9.79. The topological polar surface area (TPSA) is 55.2 Å². The molecule has 0 aliphatic heterocycles. The van der Waals surface area contributed by atoms with Gasteiger partial charge in [0.15, 0.2) is 0 Å². The molecule has 1 aliphatic carbocycles. The number of hydrogen-bond acceptors (Lipinski definition) is 4. The quantitative estimate of drug-likeness (QED) is 0.928. The normalized spacial score (nSPS) is 16.5. The van der Waals surface area contributed by atoms with Crippen LogP contribution in [0.25, 0.3) is 0 Å². The zero-order valence-corrected chi connectivity index (χ0v) is 11.5. The highest BCUT2D eigenvalue weighted by Gasteiger charge is 2.21. The van der Waals surface area contributed by atoms with E-state index < -0.39 is 6.10 Å². The van der Waals surface area contributed by atoms with Crippen LogP contribution >= 0.6 is 0 Å². The smallest absolute Gasteiger partial charge is 0.233 e. The summed E-state index contributed by atoms with van der Waals surface area (Å²) in [5.41, 5.74) is 2.72. The average molecular weight is 270 g/mol. The summed E-state index contributed by atoms with van der Waals surface area (Å²) >= 11 is 0. The van der Waals surface area contributed by atoms with Crippen molar-refractivity contribution in [3.63, 3.8) is 0 Å². The lowest BCUT2D eigenvalue weighted by Crippen LogP contribution is -2.10. The van der Waals surface area contributed by atoms with Crippen molar-refractivity contribution in [2.45, 2.75) is 31.3 Å². The van der Waals surface area contributed by atoms with Crippen LogP contribution in [0.4, 0.5) is 0 Å². The number of hydrogen-bond donors (Lipinski definition) is 1. The van der Waals surface area contributed by atoms with Crippen LogP contribution in [-0.4, -0.2) is 22.4 Å². The van der Waals surface area contributed by atoms with E-state index in [0.717, 1.165) is 5.56 Å². The van der Waals surface area contributed by atoms with Crippen molar-refractivity contribution >= 4 is 0 Å². The second-order valence-corrected chi connectivity index (χ2v) is 5.20. The third-order valence-corrected chi connectivity index (χ3v) is 3.95. The van der Waals surface area contributed by atoms with Gasteiger partial charge < -0.3 is 9.84 Å². The molecule has 4 heteroatoms. The van der Waals surface area contributed by atoms with Crippen LogP contribution in [-0.2, 0) is 0 Å². The number of nitrogens with zero attached hydrogens (tertiary/aromatic N) is 2. The van der Waals surface area contributed by atoms with Crippen LogP contribution < -0.4 is 4.74 Å². The Balaban J connectivity index is 1.83. The molecule has 20 heavy (non-hydrogen) atoms. The fourth-order valence-electron chi connectivity index (χ4n) is 2.48. The summed E-state index contributed by atoms with van der Waals surface area (Å²) in [6.07, 6.45) is 3.07. The lowest BCUT2D eigenvalue weighted by molar-refractivity contribution is 0.213. The van der Waals surface area contributed by atoms with Crippen molar-refractivity contribution in [1.82, 2.24) is 10.2 Å². The first kappa shape index (κ1) is 13.1. The summed E-state index contributed by atoms with van der Waals surface area (Å²) in [5.74, 6) is 1.10. The minimum absolute atomic E-state index is 0.448. The second kappa shape index (κ2) is 5.59. The van der Waals surface area contributed by atoms with Crippen molar-refractivity contribution < 1.29 is 9.84 Å². The summed E-state index contributed by atoms with van der Waals surface area (Å²) in [6, 6.07) is 11.6. The minimum Gasteiger partial charge on any atom is -0.480 e. The van der Waals surface area contributed by atoms with Gasteiger partial charge in [0.2, 0.25) is 5.88 Å². The highest BCUT2D eigenvalue weighted by molar-refractivity contribution is 5.32. The van der Waals surface area contributed by atoms with E-state index in [9.17, 15) is 5.11 Å². The fraction of sp³-hybridized carbons (Fsp3) is 0.375.